The smallest absolute Gasteiger partial charge is 0.184 e. The third-order valence-electron chi connectivity index (χ3n) is 4.06. The summed E-state index contributed by atoms with van der Waals surface area (Å²) in [6, 6.07) is 6.86. The molecule has 114 valence electrons. The second-order valence-corrected chi connectivity index (χ2v) is 7.66. The van der Waals surface area contributed by atoms with Crippen LogP contribution in [0.5, 0.6) is 0 Å². The van der Waals surface area contributed by atoms with Crippen molar-refractivity contribution in [2.45, 2.75) is 42.2 Å². The van der Waals surface area contributed by atoms with Gasteiger partial charge >= 0.3 is 0 Å². The van der Waals surface area contributed by atoms with Gasteiger partial charge < -0.3 is 4.42 Å². The molecule has 2 aromatic heterocycles. The van der Waals surface area contributed by atoms with Gasteiger partial charge in [0, 0.05) is 11.8 Å². The third-order valence-corrected chi connectivity index (χ3v) is 6.34. The molecule has 1 saturated carbocycles. The molecule has 0 unspecified atom stereocenters. The maximum absolute atomic E-state index is 12.9. The van der Waals surface area contributed by atoms with Crippen LogP contribution in [-0.2, 0) is 9.84 Å². The van der Waals surface area contributed by atoms with Crippen molar-refractivity contribution in [3.8, 4) is 17.4 Å². The van der Waals surface area contributed by atoms with Gasteiger partial charge in [-0.2, -0.15) is 5.26 Å². The molecule has 0 bridgehead atoms. The van der Waals surface area contributed by atoms with Gasteiger partial charge in [-0.3, -0.25) is 0 Å². The van der Waals surface area contributed by atoms with Crippen molar-refractivity contribution in [1.82, 2.24) is 4.98 Å². The zero-order valence-electron chi connectivity index (χ0n) is 12.0. The molecule has 0 atom stereocenters. The van der Waals surface area contributed by atoms with Gasteiger partial charge in [-0.15, -0.1) is 0 Å². The van der Waals surface area contributed by atoms with Crippen molar-refractivity contribution in [3.63, 3.8) is 0 Å². The number of nitriles is 1. The lowest BCUT2D eigenvalue weighted by molar-refractivity contribution is 0.483. The summed E-state index contributed by atoms with van der Waals surface area (Å²) in [4.78, 5) is 4.04. The first-order chi connectivity index (χ1) is 10.6. The summed E-state index contributed by atoms with van der Waals surface area (Å²) in [7, 11) is -3.55. The van der Waals surface area contributed by atoms with Gasteiger partial charge in [-0.25, -0.2) is 13.4 Å². The van der Waals surface area contributed by atoms with E-state index in [2.05, 4.69) is 4.98 Å². The minimum absolute atomic E-state index is 0.0239. The Bertz CT molecular complexity index is 798. The van der Waals surface area contributed by atoms with Gasteiger partial charge in [-0.1, -0.05) is 19.3 Å². The van der Waals surface area contributed by atoms with Crippen molar-refractivity contribution in [3.05, 3.63) is 36.4 Å². The van der Waals surface area contributed by atoms with E-state index in [9.17, 15) is 13.7 Å². The van der Waals surface area contributed by atoms with Crippen molar-refractivity contribution >= 4 is 9.84 Å². The van der Waals surface area contributed by atoms with Crippen molar-refractivity contribution in [2.24, 2.45) is 0 Å². The molecule has 0 radical (unpaired) electrons. The molecule has 22 heavy (non-hydrogen) atoms. The molecule has 0 aliphatic heterocycles. The Hall–Kier alpha value is -2.13. The maximum atomic E-state index is 12.9. The van der Waals surface area contributed by atoms with Crippen LogP contribution in [0.1, 0.15) is 37.8 Å². The fraction of sp³-hybridized carbons (Fsp3) is 0.375. The van der Waals surface area contributed by atoms with Crippen LogP contribution < -0.4 is 0 Å². The molecule has 0 spiro atoms. The van der Waals surface area contributed by atoms with Crippen LogP contribution in [0.3, 0.4) is 0 Å². The van der Waals surface area contributed by atoms with Crippen molar-refractivity contribution in [1.29, 1.82) is 5.26 Å². The summed E-state index contributed by atoms with van der Waals surface area (Å²) >= 11 is 0. The average molecular weight is 316 g/mol. The van der Waals surface area contributed by atoms with Crippen LogP contribution in [0.4, 0.5) is 0 Å². The van der Waals surface area contributed by atoms with Crippen LogP contribution in [0, 0.1) is 11.3 Å². The van der Waals surface area contributed by atoms with E-state index in [1.54, 1.807) is 12.1 Å². The van der Waals surface area contributed by atoms with Gasteiger partial charge in [0.1, 0.15) is 16.7 Å². The fourth-order valence-electron chi connectivity index (χ4n) is 2.88. The summed E-state index contributed by atoms with van der Waals surface area (Å²) in [6.07, 6.45) is 7.19. The van der Waals surface area contributed by atoms with Gasteiger partial charge in [0.05, 0.1) is 11.5 Å². The first-order valence-corrected chi connectivity index (χ1v) is 8.85. The van der Waals surface area contributed by atoms with Gasteiger partial charge in [0.15, 0.2) is 15.5 Å². The van der Waals surface area contributed by atoms with Crippen molar-refractivity contribution < 1.29 is 12.8 Å². The molecule has 1 aliphatic rings. The highest BCUT2D eigenvalue weighted by Crippen LogP contribution is 2.31. The zero-order valence-corrected chi connectivity index (χ0v) is 12.8. The summed E-state index contributed by atoms with van der Waals surface area (Å²) in [5, 5.41) is 8.79. The Morgan fingerprint density at radius 1 is 1.27 bits per heavy atom. The van der Waals surface area contributed by atoms with E-state index in [0.29, 0.717) is 24.2 Å². The summed E-state index contributed by atoms with van der Waals surface area (Å²) in [5.74, 6) is 0.539. The number of furan rings is 1. The highest BCUT2D eigenvalue weighted by molar-refractivity contribution is 7.92. The Kier molecular flexibility index (Phi) is 3.99. The Morgan fingerprint density at radius 2 is 2.05 bits per heavy atom. The largest absolute Gasteiger partial charge is 0.464 e. The number of rotatable bonds is 3. The fourth-order valence-corrected chi connectivity index (χ4v) is 4.85. The van der Waals surface area contributed by atoms with Crippen LogP contribution in [-0.4, -0.2) is 18.7 Å². The second kappa shape index (κ2) is 5.93. The molecule has 5 nitrogen and oxygen atoms in total. The van der Waals surface area contributed by atoms with E-state index in [1.807, 2.05) is 6.07 Å². The summed E-state index contributed by atoms with van der Waals surface area (Å²) < 4.78 is 31.0. The van der Waals surface area contributed by atoms with Gasteiger partial charge in [0.2, 0.25) is 0 Å². The predicted molar refractivity (Wildman–Crippen MR) is 80.7 cm³/mol. The molecule has 0 saturated heterocycles. The molecule has 3 rings (SSSR count). The topological polar surface area (TPSA) is 84.0 Å². The molecule has 0 N–H and O–H groups in total. The van der Waals surface area contributed by atoms with Crippen LogP contribution in [0.2, 0.25) is 0 Å². The van der Waals surface area contributed by atoms with E-state index >= 15 is 0 Å². The van der Waals surface area contributed by atoms with E-state index in [1.165, 1.54) is 18.5 Å². The molecule has 2 heterocycles. The summed E-state index contributed by atoms with van der Waals surface area (Å²) in [5.41, 5.74) is 0.527. The standard InChI is InChI=1S/C16H16N2O3S/c17-10-14-16(22(19,20)13-5-2-1-3-6-13)9-12(11-18-14)15-7-4-8-21-15/h4,7-9,11,13H,1-3,5-6H2. The molecule has 1 fully saturated rings. The number of pyridine rings is 1. The first-order valence-electron chi connectivity index (χ1n) is 7.31. The van der Waals surface area contributed by atoms with Gasteiger partial charge in [-0.05, 0) is 31.0 Å². The summed E-state index contributed by atoms with van der Waals surface area (Å²) in [6.45, 7) is 0. The van der Waals surface area contributed by atoms with Crippen LogP contribution in [0.15, 0.2) is 40.0 Å². The SMILES string of the molecule is N#Cc1ncc(-c2ccco2)cc1S(=O)(=O)C1CCCCC1. The van der Waals surface area contributed by atoms with E-state index in [4.69, 9.17) is 4.42 Å². The molecule has 6 heteroatoms. The quantitative estimate of drug-likeness (QED) is 0.867. The third kappa shape index (κ3) is 2.64. The molecule has 1 aliphatic carbocycles. The van der Waals surface area contributed by atoms with Crippen molar-refractivity contribution in [2.75, 3.05) is 0 Å². The Morgan fingerprint density at radius 3 is 2.68 bits per heavy atom. The highest BCUT2D eigenvalue weighted by Gasteiger charge is 2.31. The lowest BCUT2D eigenvalue weighted by atomic mass is 10.0. The Labute approximate surface area is 129 Å². The number of nitrogens with zero attached hydrogens (tertiary/aromatic N) is 2. The van der Waals surface area contributed by atoms with Crippen LogP contribution in [0.25, 0.3) is 11.3 Å². The minimum atomic E-state index is -3.55. The highest BCUT2D eigenvalue weighted by atomic mass is 32.2. The second-order valence-electron chi connectivity index (χ2n) is 5.46. The van der Waals surface area contributed by atoms with E-state index in [0.717, 1.165) is 19.3 Å². The molecule has 2 aromatic rings. The number of sulfone groups is 1. The normalized spacial score (nSPS) is 16.3. The maximum Gasteiger partial charge on any atom is 0.184 e. The monoisotopic (exact) mass is 316 g/mol. The van der Waals surface area contributed by atoms with E-state index in [-0.39, 0.29) is 10.6 Å². The number of hydrogen-bond acceptors (Lipinski definition) is 5. The first kappa shape index (κ1) is 14.8. The zero-order chi connectivity index (χ0) is 15.6. The average Bonchev–Trinajstić information content (AvgIpc) is 3.09. The Balaban J connectivity index is 2.08. The molecular formula is C16H16N2O3S. The molecule has 0 amide bonds. The van der Waals surface area contributed by atoms with Gasteiger partial charge in [0.25, 0.3) is 0 Å². The number of aromatic nitrogens is 1. The predicted octanol–water partition coefficient (Wildman–Crippen LogP) is 3.32. The van der Waals surface area contributed by atoms with Crippen LogP contribution >= 0.6 is 0 Å². The number of hydrogen-bond donors (Lipinski definition) is 0. The lowest BCUT2D eigenvalue weighted by Crippen LogP contribution is -2.25. The minimum Gasteiger partial charge on any atom is -0.464 e. The lowest BCUT2D eigenvalue weighted by Gasteiger charge is -2.22. The molecule has 0 aromatic carbocycles. The molecular weight excluding hydrogens is 300 g/mol. The van der Waals surface area contributed by atoms with E-state index < -0.39 is 15.1 Å².